The third-order valence-corrected chi connectivity index (χ3v) is 5.14. The van der Waals surface area contributed by atoms with Gasteiger partial charge in [0.2, 0.25) is 0 Å². The SMILES string of the molecule is COc1cc(N2CCC3(CC2)CCN3C)ccc1[N+](=O)[O-]. The second-order valence-corrected chi connectivity index (χ2v) is 6.00. The molecule has 6 nitrogen and oxygen atoms in total. The number of nitro benzene ring substituents is 1. The zero-order valence-corrected chi connectivity index (χ0v) is 12.5. The van der Waals surface area contributed by atoms with Gasteiger partial charge in [0.15, 0.2) is 5.75 Å². The summed E-state index contributed by atoms with van der Waals surface area (Å²) in [5.41, 5.74) is 1.43. The van der Waals surface area contributed by atoms with E-state index in [0.717, 1.165) is 31.6 Å². The highest BCUT2D eigenvalue weighted by molar-refractivity contribution is 5.59. The lowest BCUT2D eigenvalue weighted by Gasteiger charge is -2.55. The maximum Gasteiger partial charge on any atom is 0.311 e. The summed E-state index contributed by atoms with van der Waals surface area (Å²) in [4.78, 5) is 15.3. The van der Waals surface area contributed by atoms with Crippen LogP contribution in [0.1, 0.15) is 19.3 Å². The van der Waals surface area contributed by atoms with Gasteiger partial charge in [-0.2, -0.15) is 0 Å². The number of methoxy groups -OCH3 is 1. The summed E-state index contributed by atoms with van der Waals surface area (Å²) >= 11 is 0. The Morgan fingerprint density at radius 3 is 2.38 bits per heavy atom. The molecule has 1 aromatic rings. The molecule has 2 aliphatic heterocycles. The highest BCUT2D eigenvalue weighted by atomic mass is 16.6. The smallest absolute Gasteiger partial charge is 0.311 e. The summed E-state index contributed by atoms with van der Waals surface area (Å²) < 4.78 is 5.15. The minimum atomic E-state index is -0.406. The lowest BCUT2D eigenvalue weighted by molar-refractivity contribution is -0.385. The van der Waals surface area contributed by atoms with Gasteiger partial charge in [-0.3, -0.25) is 10.1 Å². The average molecular weight is 291 g/mol. The van der Waals surface area contributed by atoms with Crippen LogP contribution >= 0.6 is 0 Å². The maximum atomic E-state index is 10.9. The van der Waals surface area contributed by atoms with Crippen LogP contribution in [0.15, 0.2) is 18.2 Å². The fourth-order valence-corrected chi connectivity index (χ4v) is 3.48. The van der Waals surface area contributed by atoms with E-state index in [1.165, 1.54) is 26.1 Å². The molecule has 1 aromatic carbocycles. The molecule has 0 bridgehead atoms. The molecule has 3 rings (SSSR count). The highest BCUT2D eigenvalue weighted by Gasteiger charge is 2.44. The summed E-state index contributed by atoms with van der Waals surface area (Å²) in [6.45, 7) is 3.18. The molecular weight excluding hydrogens is 270 g/mol. The Morgan fingerprint density at radius 1 is 1.24 bits per heavy atom. The van der Waals surface area contributed by atoms with Crippen LogP contribution in [0, 0.1) is 10.1 Å². The fourth-order valence-electron chi connectivity index (χ4n) is 3.48. The summed E-state index contributed by atoms with van der Waals surface area (Å²) in [5.74, 6) is 0.332. The Morgan fingerprint density at radius 2 is 1.90 bits per heavy atom. The minimum Gasteiger partial charge on any atom is -0.490 e. The topological polar surface area (TPSA) is 58.8 Å². The Hall–Kier alpha value is -1.82. The Labute approximate surface area is 124 Å². The van der Waals surface area contributed by atoms with Crippen LogP contribution in [0.2, 0.25) is 0 Å². The van der Waals surface area contributed by atoms with Crippen LogP contribution < -0.4 is 9.64 Å². The number of nitrogens with zero attached hydrogens (tertiary/aromatic N) is 3. The normalized spacial score (nSPS) is 21.1. The van der Waals surface area contributed by atoms with Gasteiger partial charge in [0.1, 0.15) is 0 Å². The molecule has 2 saturated heterocycles. The van der Waals surface area contributed by atoms with E-state index in [1.54, 1.807) is 6.07 Å². The number of likely N-dealkylation sites (tertiary alicyclic amines) is 1. The predicted octanol–water partition coefficient (Wildman–Crippen LogP) is 2.28. The van der Waals surface area contributed by atoms with Crippen molar-refractivity contribution in [3.05, 3.63) is 28.3 Å². The second kappa shape index (κ2) is 5.18. The highest BCUT2D eigenvalue weighted by Crippen LogP contribution is 2.40. The molecule has 0 atom stereocenters. The number of benzene rings is 1. The minimum absolute atomic E-state index is 0.0217. The van der Waals surface area contributed by atoms with Gasteiger partial charge in [0, 0.05) is 43.0 Å². The first-order chi connectivity index (χ1) is 10.1. The number of hydrogen-bond acceptors (Lipinski definition) is 5. The van der Waals surface area contributed by atoms with Crippen LogP contribution in [-0.4, -0.2) is 49.2 Å². The predicted molar refractivity (Wildman–Crippen MR) is 81.1 cm³/mol. The van der Waals surface area contributed by atoms with E-state index < -0.39 is 4.92 Å². The number of rotatable bonds is 3. The first kappa shape index (κ1) is 14.1. The van der Waals surface area contributed by atoms with Gasteiger partial charge in [-0.1, -0.05) is 0 Å². The summed E-state index contributed by atoms with van der Waals surface area (Å²) in [6.07, 6.45) is 3.60. The van der Waals surface area contributed by atoms with Crippen molar-refractivity contribution in [2.75, 3.05) is 38.7 Å². The maximum absolute atomic E-state index is 10.9. The van der Waals surface area contributed by atoms with Gasteiger partial charge in [-0.25, -0.2) is 0 Å². The molecule has 2 fully saturated rings. The molecular formula is C15H21N3O3. The standard InChI is InChI=1S/C15H21N3O3/c1-16-8-5-15(16)6-9-17(10-7-15)12-3-4-13(18(19)20)14(11-12)21-2/h3-4,11H,5-10H2,1-2H3. The number of ether oxygens (including phenoxy) is 1. The third kappa shape index (κ3) is 2.33. The van der Waals surface area contributed by atoms with Crippen LogP contribution in [0.25, 0.3) is 0 Å². The second-order valence-electron chi connectivity index (χ2n) is 6.00. The lowest BCUT2D eigenvalue weighted by Crippen LogP contribution is -2.62. The molecule has 2 heterocycles. The zero-order chi connectivity index (χ0) is 15.0. The van der Waals surface area contributed by atoms with E-state index in [9.17, 15) is 10.1 Å². The van der Waals surface area contributed by atoms with Gasteiger partial charge in [0.25, 0.3) is 0 Å². The van der Waals surface area contributed by atoms with Crippen molar-refractivity contribution in [1.29, 1.82) is 0 Å². The van der Waals surface area contributed by atoms with Crippen molar-refractivity contribution in [1.82, 2.24) is 4.90 Å². The van der Waals surface area contributed by atoms with Crippen LogP contribution in [0.5, 0.6) is 5.75 Å². The first-order valence-electron chi connectivity index (χ1n) is 7.34. The summed E-state index contributed by atoms with van der Waals surface area (Å²) in [5, 5.41) is 10.9. The van der Waals surface area contributed by atoms with Gasteiger partial charge >= 0.3 is 5.69 Å². The van der Waals surface area contributed by atoms with Crippen molar-refractivity contribution in [3.8, 4) is 5.75 Å². The van der Waals surface area contributed by atoms with Gasteiger partial charge < -0.3 is 14.5 Å². The van der Waals surface area contributed by atoms with E-state index in [4.69, 9.17) is 4.74 Å². The fraction of sp³-hybridized carbons (Fsp3) is 0.600. The lowest BCUT2D eigenvalue weighted by atomic mass is 9.77. The quantitative estimate of drug-likeness (QED) is 0.631. The number of anilines is 1. The molecule has 0 N–H and O–H groups in total. The molecule has 2 aliphatic rings. The molecule has 0 amide bonds. The summed E-state index contributed by atoms with van der Waals surface area (Å²) in [6, 6.07) is 5.14. The first-order valence-corrected chi connectivity index (χ1v) is 7.34. The Kier molecular flexibility index (Phi) is 3.49. The van der Waals surface area contributed by atoms with E-state index in [0.29, 0.717) is 11.3 Å². The van der Waals surface area contributed by atoms with Gasteiger partial charge in [0.05, 0.1) is 12.0 Å². The number of nitro groups is 1. The van der Waals surface area contributed by atoms with E-state index in [1.807, 2.05) is 6.07 Å². The van der Waals surface area contributed by atoms with Gasteiger partial charge in [-0.05, 0) is 32.4 Å². The van der Waals surface area contributed by atoms with E-state index in [2.05, 4.69) is 16.8 Å². The largest absolute Gasteiger partial charge is 0.490 e. The molecule has 6 heteroatoms. The van der Waals surface area contributed by atoms with Crippen molar-refractivity contribution < 1.29 is 9.66 Å². The van der Waals surface area contributed by atoms with Crippen LogP contribution in [-0.2, 0) is 0 Å². The van der Waals surface area contributed by atoms with E-state index in [-0.39, 0.29) is 5.69 Å². The number of piperidine rings is 1. The monoisotopic (exact) mass is 291 g/mol. The molecule has 0 aromatic heterocycles. The molecule has 114 valence electrons. The Bertz CT molecular complexity index is 553. The van der Waals surface area contributed by atoms with Crippen molar-refractivity contribution in [3.63, 3.8) is 0 Å². The molecule has 0 saturated carbocycles. The molecule has 1 spiro atoms. The van der Waals surface area contributed by atoms with Crippen LogP contribution in [0.3, 0.4) is 0 Å². The average Bonchev–Trinajstić information content (AvgIpc) is 2.52. The Balaban J connectivity index is 1.75. The summed E-state index contributed by atoms with van der Waals surface area (Å²) in [7, 11) is 3.68. The zero-order valence-electron chi connectivity index (χ0n) is 12.5. The molecule has 0 radical (unpaired) electrons. The molecule has 21 heavy (non-hydrogen) atoms. The van der Waals surface area contributed by atoms with E-state index >= 15 is 0 Å². The van der Waals surface area contributed by atoms with Crippen molar-refractivity contribution >= 4 is 11.4 Å². The van der Waals surface area contributed by atoms with Crippen LogP contribution in [0.4, 0.5) is 11.4 Å². The number of hydrogen-bond donors (Lipinski definition) is 0. The van der Waals surface area contributed by atoms with Crippen molar-refractivity contribution in [2.45, 2.75) is 24.8 Å². The third-order valence-electron chi connectivity index (χ3n) is 5.14. The molecule has 0 aliphatic carbocycles. The molecule has 0 unspecified atom stereocenters. The van der Waals surface area contributed by atoms with Gasteiger partial charge in [-0.15, -0.1) is 0 Å². The van der Waals surface area contributed by atoms with Crippen molar-refractivity contribution in [2.24, 2.45) is 0 Å².